The number of carbonyl (C=O) groups is 1. The van der Waals surface area contributed by atoms with Crippen LogP contribution in [0.25, 0.3) is 0 Å². The highest BCUT2D eigenvalue weighted by atomic mass is 19.1. The zero-order valence-electron chi connectivity index (χ0n) is 11.1. The summed E-state index contributed by atoms with van der Waals surface area (Å²) in [6.45, 7) is 2.22. The molecular formula is C14H19FN2O2. The molecule has 0 bridgehead atoms. The summed E-state index contributed by atoms with van der Waals surface area (Å²) in [6, 6.07) is 6.74. The number of anilines is 1. The summed E-state index contributed by atoms with van der Waals surface area (Å²) in [4.78, 5) is 13.3. The van der Waals surface area contributed by atoms with Crippen molar-refractivity contribution in [2.45, 2.75) is 18.9 Å². The Kier molecular flexibility index (Phi) is 4.74. The molecule has 104 valence electrons. The summed E-state index contributed by atoms with van der Waals surface area (Å²) in [6.07, 6.45) is 1.23. The molecule has 1 aromatic carbocycles. The van der Waals surface area contributed by atoms with Gasteiger partial charge < -0.3 is 15.0 Å². The Morgan fingerprint density at radius 2 is 2.32 bits per heavy atom. The van der Waals surface area contributed by atoms with Crippen molar-refractivity contribution in [2.24, 2.45) is 0 Å². The predicted octanol–water partition coefficient (Wildman–Crippen LogP) is 1.56. The standard InChI is InChI=1S/C14H19FN2O2/c1-19-14(18)9-11-10-17(8-4-7-16-11)13-6-3-2-5-12(13)15/h2-3,5-6,11,16H,4,7-10H2,1H3. The molecule has 5 heteroatoms. The van der Waals surface area contributed by atoms with Gasteiger partial charge in [0.2, 0.25) is 0 Å². The molecule has 1 aromatic rings. The number of nitrogens with zero attached hydrogens (tertiary/aromatic N) is 1. The van der Waals surface area contributed by atoms with Crippen LogP contribution in [0.1, 0.15) is 12.8 Å². The van der Waals surface area contributed by atoms with Crippen LogP contribution in [0.2, 0.25) is 0 Å². The number of rotatable bonds is 3. The van der Waals surface area contributed by atoms with E-state index in [0.29, 0.717) is 18.7 Å². The summed E-state index contributed by atoms with van der Waals surface area (Å²) in [5.41, 5.74) is 0.598. The maximum absolute atomic E-state index is 13.8. The lowest BCUT2D eigenvalue weighted by atomic mass is 10.2. The summed E-state index contributed by atoms with van der Waals surface area (Å²) in [5, 5.41) is 3.30. The highest BCUT2D eigenvalue weighted by Gasteiger charge is 2.22. The van der Waals surface area contributed by atoms with Gasteiger partial charge in [0, 0.05) is 19.1 Å². The lowest BCUT2D eigenvalue weighted by Crippen LogP contribution is -2.39. The van der Waals surface area contributed by atoms with Crippen LogP contribution in [0.4, 0.5) is 10.1 Å². The fourth-order valence-corrected chi connectivity index (χ4v) is 2.35. The van der Waals surface area contributed by atoms with E-state index in [2.05, 4.69) is 10.1 Å². The average Bonchev–Trinajstić information content (AvgIpc) is 2.64. The Labute approximate surface area is 112 Å². The number of nitrogens with one attached hydrogen (secondary N) is 1. The molecule has 0 aromatic heterocycles. The summed E-state index contributed by atoms with van der Waals surface area (Å²) in [5.74, 6) is -0.464. The molecule has 1 heterocycles. The van der Waals surface area contributed by atoms with Crippen molar-refractivity contribution in [1.82, 2.24) is 5.32 Å². The first kappa shape index (κ1) is 13.8. The molecule has 1 atom stereocenters. The second-order valence-electron chi connectivity index (χ2n) is 4.68. The fourth-order valence-electron chi connectivity index (χ4n) is 2.35. The molecule has 0 radical (unpaired) electrons. The molecule has 4 nitrogen and oxygen atoms in total. The molecule has 0 spiro atoms. The van der Waals surface area contributed by atoms with Crippen molar-refractivity contribution in [1.29, 1.82) is 0 Å². The SMILES string of the molecule is COC(=O)CC1CN(c2ccccc2F)CCCN1. The first-order valence-corrected chi connectivity index (χ1v) is 6.50. The number of benzene rings is 1. The Balaban J connectivity index is 2.08. The van der Waals surface area contributed by atoms with E-state index in [-0.39, 0.29) is 17.8 Å². The van der Waals surface area contributed by atoms with E-state index in [1.165, 1.54) is 13.2 Å². The smallest absolute Gasteiger partial charge is 0.307 e. The zero-order valence-corrected chi connectivity index (χ0v) is 11.1. The van der Waals surface area contributed by atoms with E-state index in [0.717, 1.165) is 19.5 Å². The molecule has 1 unspecified atom stereocenters. The summed E-state index contributed by atoms with van der Waals surface area (Å²) in [7, 11) is 1.38. The van der Waals surface area contributed by atoms with Crippen LogP contribution in [0.15, 0.2) is 24.3 Å². The van der Waals surface area contributed by atoms with Gasteiger partial charge in [-0.3, -0.25) is 4.79 Å². The summed E-state index contributed by atoms with van der Waals surface area (Å²) >= 11 is 0. The number of hydrogen-bond donors (Lipinski definition) is 1. The van der Waals surface area contributed by atoms with E-state index < -0.39 is 0 Å². The Morgan fingerprint density at radius 3 is 3.05 bits per heavy atom. The van der Waals surface area contributed by atoms with Crippen LogP contribution in [0, 0.1) is 5.82 Å². The maximum atomic E-state index is 13.8. The van der Waals surface area contributed by atoms with Crippen LogP contribution in [0.3, 0.4) is 0 Å². The van der Waals surface area contributed by atoms with E-state index in [9.17, 15) is 9.18 Å². The molecule has 1 N–H and O–H groups in total. The lowest BCUT2D eigenvalue weighted by Gasteiger charge is -2.26. The average molecular weight is 266 g/mol. The molecule has 2 rings (SSSR count). The van der Waals surface area contributed by atoms with Crippen LogP contribution >= 0.6 is 0 Å². The Bertz CT molecular complexity index is 439. The van der Waals surface area contributed by atoms with Gasteiger partial charge in [0.25, 0.3) is 0 Å². The first-order valence-electron chi connectivity index (χ1n) is 6.50. The number of ether oxygens (including phenoxy) is 1. The molecule has 1 saturated heterocycles. The zero-order chi connectivity index (χ0) is 13.7. The van der Waals surface area contributed by atoms with Gasteiger partial charge in [0.1, 0.15) is 5.82 Å². The van der Waals surface area contributed by atoms with Crippen molar-refractivity contribution in [2.75, 3.05) is 31.6 Å². The van der Waals surface area contributed by atoms with Gasteiger partial charge in [0.15, 0.2) is 0 Å². The predicted molar refractivity (Wildman–Crippen MR) is 71.7 cm³/mol. The minimum atomic E-state index is -0.243. The first-order chi connectivity index (χ1) is 9.20. The van der Waals surface area contributed by atoms with Gasteiger partial charge in [0.05, 0.1) is 19.2 Å². The molecule has 19 heavy (non-hydrogen) atoms. The largest absolute Gasteiger partial charge is 0.469 e. The van der Waals surface area contributed by atoms with E-state index in [4.69, 9.17) is 0 Å². The number of esters is 1. The van der Waals surface area contributed by atoms with E-state index >= 15 is 0 Å². The van der Waals surface area contributed by atoms with E-state index in [1.807, 2.05) is 11.0 Å². The van der Waals surface area contributed by atoms with Gasteiger partial charge in [-0.25, -0.2) is 4.39 Å². The molecule has 1 aliphatic heterocycles. The number of methoxy groups -OCH3 is 1. The molecule has 1 aliphatic rings. The molecular weight excluding hydrogens is 247 g/mol. The molecule has 0 amide bonds. The van der Waals surface area contributed by atoms with Crippen LogP contribution < -0.4 is 10.2 Å². The van der Waals surface area contributed by atoms with Crippen LogP contribution in [0.5, 0.6) is 0 Å². The molecule has 0 aliphatic carbocycles. The maximum Gasteiger partial charge on any atom is 0.307 e. The summed E-state index contributed by atoms with van der Waals surface area (Å²) < 4.78 is 18.5. The third kappa shape index (κ3) is 3.67. The van der Waals surface area contributed by atoms with Crippen molar-refractivity contribution in [3.8, 4) is 0 Å². The second-order valence-corrected chi connectivity index (χ2v) is 4.68. The highest BCUT2D eigenvalue weighted by Crippen LogP contribution is 2.20. The normalized spacial score (nSPS) is 19.9. The number of para-hydroxylation sites is 1. The van der Waals surface area contributed by atoms with Gasteiger partial charge >= 0.3 is 5.97 Å². The Hall–Kier alpha value is -1.62. The number of hydrogen-bond acceptors (Lipinski definition) is 4. The van der Waals surface area contributed by atoms with Crippen LogP contribution in [-0.2, 0) is 9.53 Å². The lowest BCUT2D eigenvalue weighted by molar-refractivity contribution is -0.141. The number of halogens is 1. The molecule has 1 fully saturated rings. The minimum absolute atomic E-state index is 0.00504. The third-order valence-electron chi connectivity index (χ3n) is 3.31. The van der Waals surface area contributed by atoms with Crippen molar-refractivity contribution >= 4 is 11.7 Å². The van der Waals surface area contributed by atoms with Gasteiger partial charge in [-0.15, -0.1) is 0 Å². The van der Waals surface area contributed by atoms with Crippen molar-refractivity contribution in [3.63, 3.8) is 0 Å². The second kappa shape index (κ2) is 6.52. The fraction of sp³-hybridized carbons (Fsp3) is 0.500. The minimum Gasteiger partial charge on any atom is -0.469 e. The number of carbonyl (C=O) groups excluding carboxylic acids is 1. The molecule has 0 saturated carbocycles. The van der Waals surface area contributed by atoms with Gasteiger partial charge in [-0.2, -0.15) is 0 Å². The van der Waals surface area contributed by atoms with Crippen molar-refractivity contribution in [3.05, 3.63) is 30.1 Å². The monoisotopic (exact) mass is 266 g/mol. The van der Waals surface area contributed by atoms with Gasteiger partial charge in [-0.1, -0.05) is 12.1 Å². The van der Waals surface area contributed by atoms with Crippen LogP contribution in [-0.4, -0.2) is 38.8 Å². The highest BCUT2D eigenvalue weighted by molar-refractivity contribution is 5.70. The van der Waals surface area contributed by atoms with Crippen molar-refractivity contribution < 1.29 is 13.9 Å². The van der Waals surface area contributed by atoms with E-state index in [1.54, 1.807) is 12.1 Å². The Morgan fingerprint density at radius 1 is 1.53 bits per heavy atom. The van der Waals surface area contributed by atoms with Gasteiger partial charge in [-0.05, 0) is 25.1 Å². The topological polar surface area (TPSA) is 41.6 Å². The third-order valence-corrected chi connectivity index (χ3v) is 3.31. The quantitative estimate of drug-likeness (QED) is 0.843.